The number of nitrogens with zero attached hydrogens (tertiary/aromatic N) is 1. The smallest absolute Gasteiger partial charge is 0.408 e. The summed E-state index contributed by atoms with van der Waals surface area (Å²) >= 11 is 0. The molecule has 1 aliphatic rings. The molecular formula is C16H21NO4. The zero-order chi connectivity index (χ0) is 15.2. The summed E-state index contributed by atoms with van der Waals surface area (Å²) in [6.45, 7) is 2.10. The van der Waals surface area contributed by atoms with Gasteiger partial charge in [0.2, 0.25) is 0 Å². The van der Waals surface area contributed by atoms with Crippen molar-refractivity contribution >= 4 is 12.1 Å². The molecule has 1 heterocycles. The lowest BCUT2D eigenvalue weighted by atomic mass is 10.0. The Morgan fingerprint density at radius 3 is 2.52 bits per heavy atom. The number of cyclic esters (lactones) is 1. The molecule has 1 aromatic carbocycles. The molecule has 5 heteroatoms. The van der Waals surface area contributed by atoms with Crippen molar-refractivity contribution in [3.63, 3.8) is 0 Å². The van der Waals surface area contributed by atoms with Gasteiger partial charge in [-0.2, -0.15) is 0 Å². The van der Waals surface area contributed by atoms with Crippen molar-refractivity contribution < 1.29 is 19.4 Å². The van der Waals surface area contributed by atoms with E-state index in [2.05, 4.69) is 12.1 Å². The van der Waals surface area contributed by atoms with E-state index in [9.17, 15) is 14.7 Å². The minimum Gasteiger partial charge on any atom is -0.465 e. The fourth-order valence-corrected chi connectivity index (χ4v) is 2.60. The van der Waals surface area contributed by atoms with E-state index in [0.717, 1.165) is 25.7 Å². The zero-order valence-corrected chi connectivity index (χ0v) is 12.2. The number of amides is 1. The molecule has 5 nitrogen and oxygen atoms in total. The average molecular weight is 291 g/mol. The lowest BCUT2D eigenvalue weighted by Gasteiger charge is -2.39. The Bertz CT molecular complexity index is 488. The Labute approximate surface area is 124 Å². The van der Waals surface area contributed by atoms with Crippen LogP contribution in [0.1, 0.15) is 31.7 Å². The van der Waals surface area contributed by atoms with Gasteiger partial charge in [-0.1, -0.05) is 36.8 Å². The topological polar surface area (TPSA) is 66.8 Å². The van der Waals surface area contributed by atoms with Gasteiger partial charge in [-0.3, -0.25) is 4.90 Å². The van der Waals surface area contributed by atoms with Gasteiger partial charge in [0.1, 0.15) is 6.10 Å². The number of esters is 1. The molecule has 1 amide bonds. The monoisotopic (exact) mass is 291 g/mol. The third-order valence-corrected chi connectivity index (χ3v) is 3.78. The summed E-state index contributed by atoms with van der Waals surface area (Å²) in [5.74, 6) is -0.436. The number of aryl methyl sites for hydroxylation is 1. The van der Waals surface area contributed by atoms with Crippen LogP contribution in [-0.4, -0.2) is 40.8 Å². The molecular weight excluding hydrogens is 270 g/mol. The first-order chi connectivity index (χ1) is 10.1. The van der Waals surface area contributed by atoms with Crippen LogP contribution < -0.4 is 0 Å². The SMILES string of the molecule is C[C@H]1OC(=O)[C@@H]1N(CCCCCc1ccccc1)C(=O)O. The van der Waals surface area contributed by atoms with Gasteiger partial charge in [0, 0.05) is 6.54 Å². The van der Waals surface area contributed by atoms with Crippen molar-refractivity contribution in [2.45, 2.75) is 44.8 Å². The highest BCUT2D eigenvalue weighted by Crippen LogP contribution is 2.21. The molecule has 0 bridgehead atoms. The lowest BCUT2D eigenvalue weighted by molar-refractivity contribution is -0.183. The average Bonchev–Trinajstić information content (AvgIpc) is 2.46. The molecule has 0 radical (unpaired) electrons. The molecule has 0 spiro atoms. The van der Waals surface area contributed by atoms with Crippen LogP contribution in [0.3, 0.4) is 0 Å². The van der Waals surface area contributed by atoms with Crippen LogP contribution in [0.2, 0.25) is 0 Å². The zero-order valence-electron chi connectivity index (χ0n) is 12.2. The van der Waals surface area contributed by atoms with Crippen LogP contribution in [0, 0.1) is 0 Å². The van der Waals surface area contributed by atoms with Crippen LogP contribution in [0.5, 0.6) is 0 Å². The highest BCUT2D eigenvalue weighted by Gasteiger charge is 2.45. The molecule has 0 saturated carbocycles. The Morgan fingerprint density at radius 2 is 1.95 bits per heavy atom. The number of hydrogen-bond acceptors (Lipinski definition) is 3. The van der Waals surface area contributed by atoms with Crippen molar-refractivity contribution in [1.29, 1.82) is 0 Å². The van der Waals surface area contributed by atoms with E-state index in [1.54, 1.807) is 6.92 Å². The van der Waals surface area contributed by atoms with E-state index in [1.165, 1.54) is 10.5 Å². The Balaban J connectivity index is 1.71. The molecule has 1 aromatic rings. The minimum atomic E-state index is -1.05. The van der Waals surface area contributed by atoms with Gasteiger partial charge < -0.3 is 9.84 Å². The van der Waals surface area contributed by atoms with Crippen LogP contribution >= 0.6 is 0 Å². The molecule has 2 atom stereocenters. The van der Waals surface area contributed by atoms with Gasteiger partial charge in [-0.25, -0.2) is 9.59 Å². The number of unbranched alkanes of at least 4 members (excludes halogenated alkanes) is 2. The van der Waals surface area contributed by atoms with Crippen LogP contribution in [0.25, 0.3) is 0 Å². The molecule has 1 N–H and O–H groups in total. The summed E-state index contributed by atoms with van der Waals surface area (Å²) in [5, 5.41) is 9.20. The lowest BCUT2D eigenvalue weighted by Crippen LogP contribution is -2.60. The quantitative estimate of drug-likeness (QED) is 0.619. The molecule has 0 aromatic heterocycles. The number of carboxylic acid groups (broad SMARTS) is 1. The van der Waals surface area contributed by atoms with Gasteiger partial charge in [0.05, 0.1) is 0 Å². The van der Waals surface area contributed by atoms with Crippen LogP contribution in [-0.2, 0) is 16.0 Å². The van der Waals surface area contributed by atoms with Crippen molar-refractivity contribution in [1.82, 2.24) is 4.90 Å². The predicted molar refractivity (Wildman–Crippen MR) is 78.1 cm³/mol. The van der Waals surface area contributed by atoms with E-state index < -0.39 is 18.1 Å². The fourth-order valence-electron chi connectivity index (χ4n) is 2.60. The van der Waals surface area contributed by atoms with E-state index >= 15 is 0 Å². The van der Waals surface area contributed by atoms with Crippen LogP contribution in [0.4, 0.5) is 4.79 Å². The van der Waals surface area contributed by atoms with E-state index in [-0.39, 0.29) is 6.10 Å². The van der Waals surface area contributed by atoms with Gasteiger partial charge in [-0.05, 0) is 31.7 Å². The first-order valence-corrected chi connectivity index (χ1v) is 7.33. The molecule has 1 saturated heterocycles. The number of hydrogen-bond donors (Lipinski definition) is 1. The second-order valence-corrected chi connectivity index (χ2v) is 5.36. The number of carbonyl (C=O) groups excluding carboxylic acids is 1. The second kappa shape index (κ2) is 7.11. The second-order valence-electron chi connectivity index (χ2n) is 5.36. The summed E-state index contributed by atoms with van der Waals surface area (Å²) in [4.78, 5) is 23.8. The summed E-state index contributed by atoms with van der Waals surface area (Å²) in [7, 11) is 0. The van der Waals surface area contributed by atoms with Crippen LogP contribution in [0.15, 0.2) is 30.3 Å². The maximum atomic E-state index is 11.3. The number of ether oxygens (including phenoxy) is 1. The molecule has 1 fully saturated rings. The van der Waals surface area contributed by atoms with Crippen molar-refractivity contribution in [3.05, 3.63) is 35.9 Å². The molecule has 1 aliphatic heterocycles. The largest absolute Gasteiger partial charge is 0.465 e. The predicted octanol–water partition coefficient (Wildman–Crippen LogP) is 2.69. The first kappa shape index (κ1) is 15.4. The summed E-state index contributed by atoms with van der Waals surface area (Å²) in [5.41, 5.74) is 1.30. The van der Waals surface area contributed by atoms with Crippen molar-refractivity contribution in [2.75, 3.05) is 6.54 Å². The van der Waals surface area contributed by atoms with Crippen molar-refractivity contribution in [3.8, 4) is 0 Å². The Kier molecular flexibility index (Phi) is 5.20. The molecule has 0 unspecified atom stereocenters. The first-order valence-electron chi connectivity index (χ1n) is 7.33. The summed E-state index contributed by atoms with van der Waals surface area (Å²) in [6.07, 6.45) is 2.33. The highest BCUT2D eigenvalue weighted by molar-refractivity contribution is 5.85. The van der Waals surface area contributed by atoms with Gasteiger partial charge >= 0.3 is 12.1 Å². The van der Waals surface area contributed by atoms with Gasteiger partial charge in [0.15, 0.2) is 6.04 Å². The molecule has 2 rings (SSSR count). The summed E-state index contributed by atoms with van der Waals surface area (Å²) < 4.78 is 4.82. The Hall–Kier alpha value is -2.04. The maximum Gasteiger partial charge on any atom is 0.408 e. The van der Waals surface area contributed by atoms with E-state index in [0.29, 0.717) is 6.54 Å². The minimum absolute atomic E-state index is 0.335. The van der Waals surface area contributed by atoms with Crippen molar-refractivity contribution in [2.24, 2.45) is 0 Å². The molecule has 21 heavy (non-hydrogen) atoms. The maximum absolute atomic E-state index is 11.3. The fraction of sp³-hybridized carbons (Fsp3) is 0.500. The normalized spacial score (nSPS) is 20.5. The molecule has 114 valence electrons. The Morgan fingerprint density at radius 1 is 1.24 bits per heavy atom. The van der Waals surface area contributed by atoms with Gasteiger partial charge in [0.25, 0.3) is 0 Å². The van der Waals surface area contributed by atoms with E-state index in [1.807, 2.05) is 18.2 Å². The number of carbonyl (C=O) groups is 2. The van der Waals surface area contributed by atoms with Gasteiger partial charge in [-0.15, -0.1) is 0 Å². The molecule has 0 aliphatic carbocycles. The summed E-state index contributed by atoms with van der Waals surface area (Å²) in [6, 6.07) is 9.59. The van der Waals surface area contributed by atoms with E-state index in [4.69, 9.17) is 4.74 Å². The third kappa shape index (κ3) is 3.97. The number of benzene rings is 1. The third-order valence-electron chi connectivity index (χ3n) is 3.78. The standard InChI is InChI=1S/C16H21NO4/c1-12-14(15(18)21-12)17(16(19)20)11-7-3-6-10-13-8-4-2-5-9-13/h2,4-5,8-9,12,14H,3,6-7,10-11H2,1H3,(H,19,20)/t12-,14-/m1/s1. The number of rotatable bonds is 7. The highest BCUT2D eigenvalue weighted by atomic mass is 16.6.